The van der Waals surface area contributed by atoms with Crippen molar-refractivity contribution >= 4 is 23.4 Å². The number of thiocarbonyl (C=S) groups is 1. The zero-order valence-electron chi connectivity index (χ0n) is 9.29. The molecule has 2 rings (SSSR count). The summed E-state index contributed by atoms with van der Waals surface area (Å²) >= 11 is 5.08. The van der Waals surface area contributed by atoms with Crippen molar-refractivity contribution in [3.8, 4) is 0 Å². The van der Waals surface area contributed by atoms with Crippen molar-refractivity contribution in [3.05, 3.63) is 0 Å². The van der Waals surface area contributed by atoms with Crippen molar-refractivity contribution < 1.29 is 9.53 Å². The van der Waals surface area contributed by atoms with Gasteiger partial charge in [-0.1, -0.05) is 6.42 Å². The molecule has 0 heterocycles. The van der Waals surface area contributed by atoms with Gasteiger partial charge in [-0.2, -0.15) is 0 Å². The Morgan fingerprint density at radius 1 is 1.31 bits per heavy atom. The summed E-state index contributed by atoms with van der Waals surface area (Å²) in [6.45, 7) is 0. The lowest BCUT2D eigenvalue weighted by Crippen LogP contribution is -2.50. The van der Waals surface area contributed by atoms with E-state index in [0.717, 1.165) is 11.8 Å². The predicted molar refractivity (Wildman–Crippen MR) is 63.6 cm³/mol. The molecule has 0 spiro atoms. The maximum Gasteiger partial charge on any atom is 0.425 e. The Bertz CT molecular complexity index is 298. The number of hydrazine groups is 1. The maximum atomic E-state index is 10.8. The average molecular weight is 243 g/mol. The second-order valence-corrected chi connectivity index (χ2v) is 4.90. The number of fused-ring (bicyclic) bond motifs is 2. The number of carbonyl (C=O) groups excluding carboxylic acids is 1. The van der Waals surface area contributed by atoms with Crippen LogP contribution >= 0.6 is 12.2 Å². The van der Waals surface area contributed by atoms with Crippen LogP contribution in [0.5, 0.6) is 0 Å². The van der Waals surface area contributed by atoms with Crippen LogP contribution in [0.25, 0.3) is 0 Å². The van der Waals surface area contributed by atoms with Crippen LogP contribution in [0.2, 0.25) is 0 Å². The zero-order valence-corrected chi connectivity index (χ0v) is 10.1. The quantitative estimate of drug-likeness (QED) is 0.472. The standard InChI is InChI=1S/C10H17N3O2S/c1-15-10(14)13-12-9(16)11-8-5-6-2-3-7(8)4-6/h6-8H,2-5H2,1H3,(H,13,14)(H2,11,12,16)/t6-,7-,8-/m0/s1. The third kappa shape index (κ3) is 2.55. The lowest BCUT2D eigenvalue weighted by molar-refractivity contribution is 0.168. The molecule has 2 aliphatic carbocycles. The third-order valence-corrected chi connectivity index (χ3v) is 3.74. The number of hydrogen-bond acceptors (Lipinski definition) is 3. The van der Waals surface area contributed by atoms with Gasteiger partial charge in [0.25, 0.3) is 0 Å². The number of methoxy groups -OCH3 is 1. The Hall–Kier alpha value is -1.04. The van der Waals surface area contributed by atoms with Crippen molar-refractivity contribution in [2.75, 3.05) is 7.11 Å². The summed E-state index contributed by atoms with van der Waals surface area (Å²) < 4.78 is 4.42. The van der Waals surface area contributed by atoms with E-state index in [2.05, 4.69) is 20.9 Å². The van der Waals surface area contributed by atoms with E-state index in [0.29, 0.717) is 11.2 Å². The topological polar surface area (TPSA) is 62.4 Å². The van der Waals surface area contributed by atoms with E-state index in [1.165, 1.54) is 32.8 Å². The fourth-order valence-electron chi connectivity index (χ4n) is 2.78. The molecule has 6 heteroatoms. The van der Waals surface area contributed by atoms with Gasteiger partial charge in [-0.3, -0.25) is 5.43 Å². The van der Waals surface area contributed by atoms with Crippen molar-refractivity contribution in [1.29, 1.82) is 0 Å². The molecular formula is C10H17N3O2S. The van der Waals surface area contributed by atoms with E-state index >= 15 is 0 Å². The van der Waals surface area contributed by atoms with Crippen LogP contribution in [0.4, 0.5) is 4.79 Å². The van der Waals surface area contributed by atoms with Crippen molar-refractivity contribution in [2.45, 2.75) is 31.7 Å². The van der Waals surface area contributed by atoms with E-state index in [1.807, 2.05) is 0 Å². The van der Waals surface area contributed by atoms with E-state index in [9.17, 15) is 4.79 Å². The Balaban J connectivity index is 1.69. The summed E-state index contributed by atoms with van der Waals surface area (Å²) in [7, 11) is 1.31. The van der Waals surface area contributed by atoms with Crippen molar-refractivity contribution in [2.24, 2.45) is 11.8 Å². The molecule has 3 N–H and O–H groups in total. The highest BCUT2D eigenvalue weighted by atomic mass is 32.1. The first-order chi connectivity index (χ1) is 7.69. The monoisotopic (exact) mass is 243 g/mol. The van der Waals surface area contributed by atoms with Crippen LogP contribution in [0, 0.1) is 11.8 Å². The van der Waals surface area contributed by atoms with Gasteiger partial charge in [0.1, 0.15) is 0 Å². The molecule has 2 saturated carbocycles. The number of carbonyl (C=O) groups is 1. The van der Waals surface area contributed by atoms with E-state index in [1.54, 1.807) is 0 Å². The van der Waals surface area contributed by atoms with Crippen LogP contribution in [-0.4, -0.2) is 24.4 Å². The summed E-state index contributed by atoms with van der Waals surface area (Å²) in [5.74, 6) is 1.63. The molecule has 0 aromatic heterocycles. The molecule has 3 atom stereocenters. The summed E-state index contributed by atoms with van der Waals surface area (Å²) in [4.78, 5) is 10.8. The fraction of sp³-hybridized carbons (Fsp3) is 0.800. The van der Waals surface area contributed by atoms with Gasteiger partial charge >= 0.3 is 6.09 Å². The van der Waals surface area contributed by atoms with Crippen LogP contribution in [-0.2, 0) is 4.74 Å². The van der Waals surface area contributed by atoms with Crippen LogP contribution in [0.3, 0.4) is 0 Å². The maximum absolute atomic E-state index is 10.8. The minimum atomic E-state index is -0.544. The molecule has 0 aromatic carbocycles. The average Bonchev–Trinajstić information content (AvgIpc) is 2.87. The number of rotatable bonds is 1. The van der Waals surface area contributed by atoms with E-state index in [-0.39, 0.29) is 0 Å². The molecule has 1 amide bonds. The first-order valence-electron chi connectivity index (χ1n) is 5.59. The number of amides is 1. The highest BCUT2D eigenvalue weighted by Crippen LogP contribution is 2.44. The van der Waals surface area contributed by atoms with Crippen LogP contribution in [0.15, 0.2) is 0 Å². The lowest BCUT2D eigenvalue weighted by Gasteiger charge is -2.24. The van der Waals surface area contributed by atoms with Gasteiger partial charge in [0, 0.05) is 6.04 Å². The second-order valence-electron chi connectivity index (χ2n) is 4.50. The highest BCUT2D eigenvalue weighted by Gasteiger charge is 2.39. The molecule has 0 unspecified atom stereocenters. The lowest BCUT2D eigenvalue weighted by atomic mass is 9.96. The van der Waals surface area contributed by atoms with Gasteiger partial charge in [-0.15, -0.1) is 0 Å². The van der Waals surface area contributed by atoms with Gasteiger partial charge in [0.2, 0.25) is 0 Å². The normalized spacial score (nSPS) is 30.9. The molecule has 0 radical (unpaired) electrons. The summed E-state index contributed by atoms with van der Waals surface area (Å²) in [6.07, 6.45) is 4.64. The molecule has 90 valence electrons. The minimum absolute atomic E-state index is 0.461. The van der Waals surface area contributed by atoms with Crippen LogP contribution < -0.4 is 16.2 Å². The molecular weight excluding hydrogens is 226 g/mol. The summed E-state index contributed by atoms with van der Waals surface area (Å²) in [5, 5.41) is 3.70. The van der Waals surface area contributed by atoms with Gasteiger partial charge in [0.05, 0.1) is 7.11 Å². The van der Waals surface area contributed by atoms with Crippen molar-refractivity contribution in [1.82, 2.24) is 16.2 Å². The molecule has 0 saturated heterocycles. The molecule has 5 nitrogen and oxygen atoms in total. The molecule has 16 heavy (non-hydrogen) atoms. The van der Waals surface area contributed by atoms with Gasteiger partial charge in [-0.25, -0.2) is 10.2 Å². The smallest absolute Gasteiger partial charge is 0.425 e. The summed E-state index contributed by atoms with van der Waals surface area (Å²) in [5.41, 5.74) is 4.95. The molecule has 0 aliphatic heterocycles. The molecule has 0 aromatic rings. The number of ether oxygens (including phenoxy) is 1. The van der Waals surface area contributed by atoms with Gasteiger partial charge < -0.3 is 10.1 Å². The molecule has 2 aliphatic rings. The first-order valence-corrected chi connectivity index (χ1v) is 6.00. The second kappa shape index (κ2) is 4.86. The Labute approximate surface area is 100 Å². The largest absolute Gasteiger partial charge is 0.452 e. The number of hydrogen-bond donors (Lipinski definition) is 3. The van der Waals surface area contributed by atoms with Crippen molar-refractivity contribution in [3.63, 3.8) is 0 Å². The zero-order chi connectivity index (χ0) is 11.5. The highest BCUT2D eigenvalue weighted by molar-refractivity contribution is 7.80. The Morgan fingerprint density at radius 3 is 2.69 bits per heavy atom. The number of nitrogens with one attached hydrogen (secondary N) is 3. The summed E-state index contributed by atoms with van der Waals surface area (Å²) in [6, 6.07) is 0.471. The van der Waals surface area contributed by atoms with Gasteiger partial charge in [0.15, 0.2) is 5.11 Å². The Morgan fingerprint density at radius 2 is 2.12 bits per heavy atom. The predicted octanol–water partition coefficient (Wildman–Crippen LogP) is 0.910. The van der Waals surface area contributed by atoms with E-state index in [4.69, 9.17) is 12.2 Å². The van der Waals surface area contributed by atoms with Gasteiger partial charge in [-0.05, 0) is 43.3 Å². The molecule has 2 fully saturated rings. The van der Waals surface area contributed by atoms with Crippen LogP contribution in [0.1, 0.15) is 25.7 Å². The first kappa shape index (κ1) is 11.4. The third-order valence-electron chi connectivity index (χ3n) is 3.52. The minimum Gasteiger partial charge on any atom is -0.452 e. The molecule has 2 bridgehead atoms. The Kier molecular flexibility index (Phi) is 3.48. The van der Waals surface area contributed by atoms with E-state index < -0.39 is 6.09 Å². The SMILES string of the molecule is COC(=O)NNC(=S)N[C@H]1C[C@H]2CC[C@H]1C2. The fourth-order valence-corrected chi connectivity index (χ4v) is 2.99.